The van der Waals surface area contributed by atoms with Crippen molar-refractivity contribution in [3.8, 4) is 0 Å². The number of carboxylic acids is 1. The quantitative estimate of drug-likeness (QED) is 0.728. The number of halogens is 1. The Kier molecular flexibility index (Phi) is 5.37. The zero-order valence-electron chi connectivity index (χ0n) is 11.7. The van der Waals surface area contributed by atoms with Crippen molar-refractivity contribution in [2.75, 3.05) is 18.0 Å². The summed E-state index contributed by atoms with van der Waals surface area (Å²) >= 11 is 3.36. The van der Waals surface area contributed by atoms with Crippen molar-refractivity contribution in [1.82, 2.24) is 10.6 Å². The van der Waals surface area contributed by atoms with Crippen molar-refractivity contribution in [1.29, 1.82) is 0 Å². The Bertz CT molecular complexity index is 593. The number of nitrogens with one attached hydrogen (secondary N) is 2. The van der Waals surface area contributed by atoms with E-state index in [1.165, 1.54) is 0 Å². The predicted molar refractivity (Wildman–Crippen MR) is 83.7 cm³/mol. The number of rotatable bonds is 5. The van der Waals surface area contributed by atoms with Gasteiger partial charge in [-0.15, -0.1) is 0 Å². The zero-order valence-corrected chi connectivity index (χ0v) is 13.3. The topological polar surface area (TPSA) is 98.7 Å². The van der Waals surface area contributed by atoms with Crippen molar-refractivity contribution in [3.05, 3.63) is 28.7 Å². The molecule has 118 valence electrons. The lowest BCUT2D eigenvalue weighted by molar-refractivity contribution is -0.136. The predicted octanol–water partition coefficient (Wildman–Crippen LogP) is 1.33. The molecule has 0 spiro atoms. The molecule has 0 radical (unpaired) electrons. The molecule has 0 bridgehead atoms. The van der Waals surface area contributed by atoms with Crippen LogP contribution in [0.4, 0.5) is 10.5 Å². The van der Waals surface area contributed by atoms with Crippen LogP contribution in [0.2, 0.25) is 0 Å². The number of carbonyl (C=O) groups is 3. The monoisotopic (exact) mass is 369 g/mol. The lowest BCUT2D eigenvalue weighted by Gasteiger charge is -2.17. The van der Waals surface area contributed by atoms with Crippen LogP contribution in [0.15, 0.2) is 28.7 Å². The van der Waals surface area contributed by atoms with E-state index in [1.807, 2.05) is 24.3 Å². The van der Waals surface area contributed by atoms with Crippen molar-refractivity contribution in [2.24, 2.45) is 0 Å². The first-order valence-electron chi connectivity index (χ1n) is 6.80. The van der Waals surface area contributed by atoms with E-state index in [0.29, 0.717) is 13.0 Å². The van der Waals surface area contributed by atoms with Crippen LogP contribution < -0.4 is 15.5 Å². The van der Waals surface area contributed by atoms with Crippen LogP contribution in [0.1, 0.15) is 12.8 Å². The molecule has 1 atom stereocenters. The summed E-state index contributed by atoms with van der Waals surface area (Å²) in [6, 6.07) is 6.26. The number of anilines is 1. The van der Waals surface area contributed by atoms with E-state index in [0.717, 1.165) is 10.2 Å². The van der Waals surface area contributed by atoms with E-state index in [2.05, 4.69) is 26.6 Å². The maximum absolute atomic E-state index is 12.3. The summed E-state index contributed by atoms with van der Waals surface area (Å²) in [5.74, 6) is -1.16. The minimum Gasteiger partial charge on any atom is -0.481 e. The van der Waals surface area contributed by atoms with E-state index >= 15 is 0 Å². The first-order valence-corrected chi connectivity index (χ1v) is 7.60. The Hall–Kier alpha value is -2.09. The normalized spacial score (nSPS) is 17.4. The molecule has 8 heteroatoms. The molecule has 0 aromatic heterocycles. The molecule has 1 aromatic rings. The van der Waals surface area contributed by atoms with Crippen LogP contribution in [0.5, 0.6) is 0 Å². The summed E-state index contributed by atoms with van der Waals surface area (Å²) in [4.78, 5) is 35.9. The Labute approximate surface area is 135 Å². The van der Waals surface area contributed by atoms with Crippen molar-refractivity contribution in [2.45, 2.75) is 18.9 Å². The standard InChI is InChI=1S/C14H16BrN3O4/c15-9-2-1-3-10(8-9)18-7-5-11(13(18)21)17-14(22)16-6-4-12(19)20/h1-3,8,11H,4-7H2,(H,19,20)(H2,16,17,22). The van der Waals surface area contributed by atoms with E-state index < -0.39 is 18.0 Å². The lowest BCUT2D eigenvalue weighted by atomic mass is 10.2. The van der Waals surface area contributed by atoms with Gasteiger partial charge in [-0.2, -0.15) is 0 Å². The number of nitrogens with zero attached hydrogens (tertiary/aromatic N) is 1. The minimum absolute atomic E-state index is 0.0252. The fraction of sp³-hybridized carbons (Fsp3) is 0.357. The molecule has 2 rings (SSSR count). The molecule has 1 unspecified atom stereocenters. The van der Waals surface area contributed by atoms with E-state index in [1.54, 1.807) is 4.90 Å². The van der Waals surface area contributed by atoms with Crippen LogP contribution in [0.3, 0.4) is 0 Å². The minimum atomic E-state index is -0.988. The van der Waals surface area contributed by atoms with Gasteiger partial charge in [-0.05, 0) is 24.6 Å². The molecule has 22 heavy (non-hydrogen) atoms. The van der Waals surface area contributed by atoms with Gasteiger partial charge in [0.05, 0.1) is 6.42 Å². The van der Waals surface area contributed by atoms with Gasteiger partial charge in [0.2, 0.25) is 5.91 Å². The van der Waals surface area contributed by atoms with Crippen LogP contribution >= 0.6 is 15.9 Å². The summed E-state index contributed by atoms with van der Waals surface area (Å²) in [7, 11) is 0. The second-order valence-electron chi connectivity index (χ2n) is 4.85. The first-order chi connectivity index (χ1) is 10.5. The molecule has 1 heterocycles. The number of aliphatic carboxylic acids is 1. The summed E-state index contributed by atoms with van der Waals surface area (Å²) in [5.41, 5.74) is 0.773. The Morgan fingerprint density at radius 2 is 2.18 bits per heavy atom. The van der Waals surface area contributed by atoms with E-state index in [9.17, 15) is 14.4 Å². The highest BCUT2D eigenvalue weighted by Crippen LogP contribution is 2.24. The summed E-state index contributed by atoms with van der Waals surface area (Å²) in [5, 5.41) is 13.5. The summed E-state index contributed by atoms with van der Waals surface area (Å²) in [6.45, 7) is 0.548. The number of hydrogen-bond acceptors (Lipinski definition) is 3. The molecule has 0 aliphatic carbocycles. The van der Waals surface area contributed by atoms with E-state index in [4.69, 9.17) is 5.11 Å². The zero-order chi connectivity index (χ0) is 16.1. The van der Waals surface area contributed by atoms with E-state index in [-0.39, 0.29) is 18.9 Å². The molecule has 3 N–H and O–H groups in total. The molecule has 1 aliphatic heterocycles. The van der Waals surface area contributed by atoms with Crippen molar-refractivity contribution < 1.29 is 19.5 Å². The second-order valence-corrected chi connectivity index (χ2v) is 5.77. The summed E-state index contributed by atoms with van der Waals surface area (Å²) in [6.07, 6.45) is 0.355. The highest BCUT2D eigenvalue weighted by molar-refractivity contribution is 9.10. The molecule has 1 aromatic carbocycles. The van der Waals surface area contributed by atoms with Crippen LogP contribution in [-0.2, 0) is 9.59 Å². The highest BCUT2D eigenvalue weighted by Gasteiger charge is 2.33. The Morgan fingerprint density at radius 1 is 1.41 bits per heavy atom. The van der Waals surface area contributed by atoms with Gasteiger partial charge < -0.3 is 20.6 Å². The smallest absolute Gasteiger partial charge is 0.315 e. The maximum Gasteiger partial charge on any atom is 0.315 e. The molecule has 1 saturated heterocycles. The van der Waals surface area contributed by atoms with Gasteiger partial charge in [0.1, 0.15) is 6.04 Å². The van der Waals surface area contributed by atoms with Crippen molar-refractivity contribution >= 4 is 39.5 Å². The number of hydrogen-bond donors (Lipinski definition) is 3. The first kappa shape index (κ1) is 16.3. The third-order valence-corrected chi connectivity index (χ3v) is 3.75. The number of carboxylic acid groups (broad SMARTS) is 1. The molecule has 1 aliphatic rings. The van der Waals surface area contributed by atoms with Gasteiger partial charge in [0, 0.05) is 23.2 Å². The average molecular weight is 370 g/mol. The van der Waals surface area contributed by atoms with Crippen LogP contribution in [-0.4, -0.2) is 42.1 Å². The summed E-state index contributed by atoms with van der Waals surface area (Å²) < 4.78 is 0.876. The molecule has 0 saturated carbocycles. The molecular formula is C14H16BrN3O4. The average Bonchev–Trinajstić information content (AvgIpc) is 2.80. The van der Waals surface area contributed by atoms with Gasteiger partial charge in [0.15, 0.2) is 0 Å². The van der Waals surface area contributed by atoms with Gasteiger partial charge >= 0.3 is 12.0 Å². The fourth-order valence-electron chi connectivity index (χ4n) is 2.21. The third-order valence-electron chi connectivity index (χ3n) is 3.26. The largest absolute Gasteiger partial charge is 0.481 e. The third kappa shape index (κ3) is 4.20. The van der Waals surface area contributed by atoms with Crippen LogP contribution in [0, 0.1) is 0 Å². The highest BCUT2D eigenvalue weighted by atomic mass is 79.9. The second kappa shape index (κ2) is 7.26. The number of benzene rings is 1. The molecule has 1 fully saturated rings. The van der Waals surface area contributed by atoms with Gasteiger partial charge in [-0.3, -0.25) is 9.59 Å². The maximum atomic E-state index is 12.3. The number of carbonyl (C=O) groups excluding carboxylic acids is 2. The molecular weight excluding hydrogens is 354 g/mol. The Balaban J connectivity index is 1.88. The molecule has 3 amide bonds. The van der Waals surface area contributed by atoms with Gasteiger partial charge in [0.25, 0.3) is 0 Å². The van der Waals surface area contributed by atoms with Gasteiger partial charge in [-0.1, -0.05) is 22.0 Å². The lowest BCUT2D eigenvalue weighted by Crippen LogP contribution is -2.46. The number of amides is 3. The number of urea groups is 1. The molecule has 7 nitrogen and oxygen atoms in total. The van der Waals surface area contributed by atoms with Gasteiger partial charge in [-0.25, -0.2) is 4.79 Å². The van der Waals surface area contributed by atoms with Crippen molar-refractivity contribution in [3.63, 3.8) is 0 Å². The Morgan fingerprint density at radius 3 is 2.86 bits per heavy atom. The van der Waals surface area contributed by atoms with Crippen LogP contribution in [0.25, 0.3) is 0 Å². The SMILES string of the molecule is O=C(O)CCNC(=O)NC1CCN(c2cccc(Br)c2)C1=O. The fourth-order valence-corrected chi connectivity index (χ4v) is 2.59.